The normalized spacial score (nSPS) is 12.1. The van der Waals surface area contributed by atoms with Gasteiger partial charge in [-0.15, -0.1) is 0 Å². The second-order valence-electron chi connectivity index (χ2n) is 7.90. The van der Waals surface area contributed by atoms with Gasteiger partial charge in [0.25, 0.3) is 5.56 Å². The van der Waals surface area contributed by atoms with Crippen molar-refractivity contribution in [2.24, 2.45) is 0 Å². The molecule has 1 atom stereocenters. The van der Waals surface area contributed by atoms with E-state index in [1.54, 1.807) is 0 Å². The van der Waals surface area contributed by atoms with Gasteiger partial charge in [-0.1, -0.05) is 6.07 Å². The highest BCUT2D eigenvalue weighted by Gasteiger charge is 2.18. The maximum absolute atomic E-state index is 13.7. The van der Waals surface area contributed by atoms with E-state index in [2.05, 4.69) is 15.3 Å². The van der Waals surface area contributed by atoms with Crippen LogP contribution in [0.1, 0.15) is 39.4 Å². The molecule has 3 N–H and O–H groups in total. The van der Waals surface area contributed by atoms with Crippen molar-refractivity contribution in [3.63, 3.8) is 0 Å². The molecule has 0 aliphatic rings. The molecule has 1 aromatic carbocycles. The highest BCUT2D eigenvalue weighted by atomic mass is 19.1. The highest BCUT2D eigenvalue weighted by molar-refractivity contribution is 5.84. The Bertz CT molecular complexity index is 1240. The zero-order valence-corrected chi connectivity index (χ0v) is 17.9. The molecule has 32 heavy (non-hydrogen) atoms. The predicted molar refractivity (Wildman–Crippen MR) is 112 cm³/mol. The third-order valence-corrected chi connectivity index (χ3v) is 3.91. The van der Waals surface area contributed by atoms with Crippen LogP contribution in [0.2, 0.25) is 0 Å². The molecule has 0 saturated carbocycles. The smallest absolute Gasteiger partial charge is 0.329 e. The summed E-state index contributed by atoms with van der Waals surface area (Å²) in [7, 11) is 0. The summed E-state index contributed by atoms with van der Waals surface area (Å²) in [5.74, 6) is -2.90. The van der Waals surface area contributed by atoms with Gasteiger partial charge in [-0.25, -0.2) is 18.0 Å². The number of hydrogen-bond donors (Lipinski definition) is 3. The number of aromatic nitrogens is 3. The van der Waals surface area contributed by atoms with Gasteiger partial charge in [0.1, 0.15) is 35.0 Å². The molecule has 0 radical (unpaired) electrons. The molecule has 0 spiro atoms. The number of aromatic hydroxyl groups is 1. The Morgan fingerprint density at radius 1 is 1.28 bits per heavy atom. The van der Waals surface area contributed by atoms with Crippen molar-refractivity contribution in [2.45, 2.75) is 46.0 Å². The summed E-state index contributed by atoms with van der Waals surface area (Å²) in [6.45, 7) is 5.32. The van der Waals surface area contributed by atoms with Crippen molar-refractivity contribution in [2.75, 3.05) is 0 Å². The largest absolute Gasteiger partial charge is 0.507 e. The van der Waals surface area contributed by atoms with Gasteiger partial charge >= 0.3 is 5.69 Å². The first-order valence-corrected chi connectivity index (χ1v) is 9.52. The fourth-order valence-corrected chi connectivity index (χ4v) is 2.67. The molecule has 2 heterocycles. The number of rotatable bonds is 4. The fourth-order valence-electron chi connectivity index (χ4n) is 2.67. The van der Waals surface area contributed by atoms with E-state index >= 15 is 0 Å². The number of H-pyrrole nitrogens is 1. The topological polar surface area (TPSA) is 117 Å². The molecule has 1 unspecified atom stereocenters. The number of pyridine rings is 1. The van der Waals surface area contributed by atoms with Crippen molar-refractivity contribution in [1.82, 2.24) is 19.9 Å². The first kappa shape index (κ1) is 24.6. The Morgan fingerprint density at radius 3 is 2.50 bits per heavy atom. The molecule has 0 aliphatic carbocycles. The molecule has 11 heteroatoms. The molecular weight excluding hydrogens is 429 g/mol. The maximum atomic E-state index is 13.7. The van der Waals surface area contributed by atoms with Gasteiger partial charge in [0.2, 0.25) is 5.91 Å². The monoisotopic (exact) mass is 452 g/mol. The molecule has 172 valence electrons. The predicted octanol–water partition coefficient (Wildman–Crippen LogP) is 2.70. The molecule has 2 aromatic heterocycles. The number of alkyl halides is 1. The zero-order chi connectivity index (χ0) is 24.2. The van der Waals surface area contributed by atoms with Crippen molar-refractivity contribution in [3.05, 3.63) is 68.6 Å². The summed E-state index contributed by atoms with van der Waals surface area (Å²) in [6, 6.07) is 3.87. The van der Waals surface area contributed by atoms with Crippen molar-refractivity contribution >= 4 is 16.8 Å². The quantitative estimate of drug-likeness (QED) is 0.563. The van der Waals surface area contributed by atoms with Crippen LogP contribution >= 0.6 is 0 Å². The van der Waals surface area contributed by atoms with Crippen LogP contribution in [0, 0.1) is 11.6 Å². The molecule has 1 amide bonds. The lowest BCUT2D eigenvalue weighted by atomic mass is 10.2. The van der Waals surface area contributed by atoms with Gasteiger partial charge in [-0.3, -0.25) is 19.1 Å². The van der Waals surface area contributed by atoms with Crippen LogP contribution in [0.4, 0.5) is 13.2 Å². The lowest BCUT2D eigenvalue weighted by Crippen LogP contribution is -2.41. The highest BCUT2D eigenvalue weighted by Crippen LogP contribution is 2.18. The lowest BCUT2D eigenvalue weighted by Gasteiger charge is -2.14. The molecule has 3 rings (SSSR count). The second kappa shape index (κ2) is 9.67. The summed E-state index contributed by atoms with van der Waals surface area (Å²) >= 11 is 0. The number of hydrogen-bond acceptors (Lipinski definition) is 5. The van der Waals surface area contributed by atoms with E-state index in [-0.39, 0.29) is 22.3 Å². The number of phenols is 1. The maximum Gasteiger partial charge on any atom is 0.329 e. The summed E-state index contributed by atoms with van der Waals surface area (Å²) < 4.78 is 39.0. The van der Waals surface area contributed by atoms with E-state index in [0.29, 0.717) is 10.6 Å². The number of phenolic OH excluding ortho intramolecular Hbond substituents is 1. The molecule has 8 nitrogen and oxygen atoms in total. The summed E-state index contributed by atoms with van der Waals surface area (Å²) in [5, 5.41) is 12.1. The number of fused-ring (bicyclic) bond motifs is 1. The first-order valence-electron chi connectivity index (χ1n) is 9.52. The van der Waals surface area contributed by atoms with Crippen LogP contribution in [0.25, 0.3) is 10.9 Å². The van der Waals surface area contributed by atoms with Crippen LogP contribution < -0.4 is 16.6 Å². The number of halogens is 3. The molecule has 0 bridgehead atoms. The van der Waals surface area contributed by atoms with Gasteiger partial charge in [0, 0.05) is 6.07 Å². The van der Waals surface area contributed by atoms with E-state index in [1.807, 2.05) is 0 Å². The van der Waals surface area contributed by atoms with Gasteiger partial charge in [-0.2, -0.15) is 0 Å². The molecule has 0 aliphatic heterocycles. The molecule has 3 aromatic rings. The number of carbonyl (C=O) groups excluding carboxylic acids is 1. The van der Waals surface area contributed by atoms with Gasteiger partial charge in [-0.05, 0) is 39.8 Å². The van der Waals surface area contributed by atoms with Crippen LogP contribution in [0.15, 0.2) is 40.1 Å². The van der Waals surface area contributed by atoms with Gasteiger partial charge < -0.3 is 15.4 Å². The summed E-state index contributed by atoms with van der Waals surface area (Å²) in [6.07, 6.45) is 0.808. The van der Waals surface area contributed by atoms with Crippen LogP contribution in [0.3, 0.4) is 0 Å². The summed E-state index contributed by atoms with van der Waals surface area (Å²) in [5.41, 5.74) is -2.75. The van der Waals surface area contributed by atoms with Crippen LogP contribution in [0.5, 0.6) is 5.75 Å². The standard InChI is InChI=1S/C17H14F2N4O4.C4H9F/c1-8(15-10(19)5-9(18)6-20-15)21-13(25)7-23-16(26)14-11(22-17(23)27)3-2-4-12(14)24;1-4(2,3)5/h2-6,8,24H,7H2,1H3,(H,21,25)(H,22,27);1-3H3. The second-order valence-corrected chi connectivity index (χ2v) is 7.90. The van der Waals surface area contributed by atoms with E-state index in [4.69, 9.17) is 0 Å². The van der Waals surface area contributed by atoms with Crippen LogP contribution in [-0.2, 0) is 11.3 Å². The molecule has 0 saturated heterocycles. The number of aromatic amines is 1. The minimum atomic E-state index is -1.00. The Hall–Kier alpha value is -3.63. The lowest BCUT2D eigenvalue weighted by molar-refractivity contribution is -0.122. The van der Waals surface area contributed by atoms with Gasteiger partial charge in [0.05, 0.1) is 23.4 Å². The SMILES string of the molecule is CC(C)(C)F.CC(NC(=O)Cn1c(=O)[nH]c2cccc(O)c2c1=O)c1ncc(F)cc1F. The average Bonchev–Trinajstić information content (AvgIpc) is 2.63. The van der Waals surface area contributed by atoms with E-state index in [1.165, 1.54) is 45.9 Å². The fraction of sp³-hybridized carbons (Fsp3) is 0.333. The van der Waals surface area contributed by atoms with Crippen molar-refractivity contribution in [1.29, 1.82) is 0 Å². The number of benzene rings is 1. The Balaban J connectivity index is 0.000000654. The first-order chi connectivity index (χ1) is 14.8. The third kappa shape index (κ3) is 6.43. The van der Waals surface area contributed by atoms with Crippen LogP contribution in [-0.4, -0.2) is 31.2 Å². The average molecular weight is 452 g/mol. The third-order valence-electron chi connectivity index (χ3n) is 3.91. The van der Waals surface area contributed by atoms with E-state index in [9.17, 15) is 32.7 Å². The minimum Gasteiger partial charge on any atom is -0.507 e. The Morgan fingerprint density at radius 2 is 1.91 bits per heavy atom. The Kier molecular flexibility index (Phi) is 7.44. The van der Waals surface area contributed by atoms with Gasteiger partial charge in [0.15, 0.2) is 0 Å². The zero-order valence-electron chi connectivity index (χ0n) is 17.9. The number of nitrogens with zero attached hydrogens (tertiary/aromatic N) is 2. The molecule has 0 fully saturated rings. The van der Waals surface area contributed by atoms with E-state index in [0.717, 1.165) is 6.20 Å². The van der Waals surface area contributed by atoms with Crippen molar-refractivity contribution in [3.8, 4) is 5.75 Å². The minimum absolute atomic E-state index is 0.132. The number of carbonyl (C=O) groups is 1. The summed E-state index contributed by atoms with van der Waals surface area (Å²) in [4.78, 5) is 42.7. The Labute approximate surface area is 180 Å². The number of amides is 1. The molecular formula is C21H23F3N4O4. The van der Waals surface area contributed by atoms with E-state index < -0.39 is 47.0 Å². The number of nitrogens with one attached hydrogen (secondary N) is 2. The van der Waals surface area contributed by atoms with Crippen molar-refractivity contribution < 1.29 is 23.1 Å².